The molecule has 0 aromatic heterocycles. The molecule has 0 bridgehead atoms. The molecule has 0 radical (unpaired) electrons. The number of likely N-dealkylation sites (tertiary alicyclic amines) is 2. The Morgan fingerprint density at radius 3 is 1.67 bits per heavy atom. The number of carboxylic acid groups (broad SMARTS) is 2. The molecule has 6 aliphatic heterocycles. The van der Waals surface area contributed by atoms with Crippen LogP contribution < -0.4 is 0 Å². The van der Waals surface area contributed by atoms with Crippen molar-refractivity contribution in [3.63, 3.8) is 0 Å². The fourth-order valence-corrected chi connectivity index (χ4v) is 10.2. The van der Waals surface area contributed by atoms with Gasteiger partial charge in [-0.1, -0.05) is 13.8 Å². The van der Waals surface area contributed by atoms with Crippen molar-refractivity contribution in [1.29, 1.82) is 0 Å². The quantitative estimate of drug-likeness (QED) is 0.0903. The molecule has 374 valence electrons. The van der Waals surface area contributed by atoms with E-state index in [0.29, 0.717) is 103 Å². The summed E-state index contributed by atoms with van der Waals surface area (Å²) in [4.78, 5) is 88.7. The second-order valence-corrected chi connectivity index (χ2v) is 18.6. The lowest BCUT2D eigenvalue weighted by Gasteiger charge is -2.42. The summed E-state index contributed by atoms with van der Waals surface area (Å²) >= 11 is 0. The van der Waals surface area contributed by atoms with E-state index in [1.54, 1.807) is 16.7 Å². The van der Waals surface area contributed by atoms with E-state index in [2.05, 4.69) is 38.3 Å². The number of carboxylic acids is 2. The number of carbonyl (C=O) groups excluding carboxylic acids is 4. The van der Waals surface area contributed by atoms with Gasteiger partial charge < -0.3 is 63.5 Å². The smallest absolute Gasteiger partial charge is 0.410 e. The lowest BCUT2D eigenvalue weighted by atomic mass is 9.75. The van der Waals surface area contributed by atoms with Gasteiger partial charge in [0.15, 0.2) is 6.10 Å². The molecule has 0 saturated carbocycles. The third-order valence-corrected chi connectivity index (χ3v) is 14.3. The summed E-state index contributed by atoms with van der Waals surface area (Å²) in [7, 11) is 0. The molecule has 2 amide bonds. The summed E-state index contributed by atoms with van der Waals surface area (Å²) < 4.78 is 22.2. The minimum atomic E-state index is -1.19. The van der Waals surface area contributed by atoms with Crippen molar-refractivity contribution in [3.05, 3.63) is 5.70 Å². The Morgan fingerprint density at radius 2 is 1.18 bits per heavy atom. The van der Waals surface area contributed by atoms with Crippen LogP contribution in [0.3, 0.4) is 0 Å². The fraction of sp³-hybridized carbons (Fsp3) is 0.848. The number of ether oxygens (including phenoxy) is 4. The van der Waals surface area contributed by atoms with E-state index in [1.165, 1.54) is 0 Å². The van der Waals surface area contributed by atoms with Gasteiger partial charge in [-0.2, -0.15) is 0 Å². The molecule has 6 aliphatic rings. The number of nitrogens with zero attached hydrogens (tertiary/aromatic N) is 8. The van der Waals surface area contributed by atoms with Crippen LogP contribution >= 0.6 is 0 Å². The fourth-order valence-electron chi connectivity index (χ4n) is 10.2. The van der Waals surface area contributed by atoms with E-state index in [9.17, 15) is 33.9 Å². The van der Waals surface area contributed by atoms with Crippen LogP contribution in [0.1, 0.15) is 79.1 Å². The topological polar surface area (TPSA) is 206 Å². The molecule has 6 heterocycles. The molecule has 0 aromatic carbocycles. The monoisotopic (exact) mass is 935 g/mol. The number of hydrogen-bond acceptors (Lipinski definition) is 16. The highest BCUT2D eigenvalue weighted by Crippen LogP contribution is 2.36. The van der Waals surface area contributed by atoms with Crippen LogP contribution in [-0.4, -0.2) is 254 Å². The van der Waals surface area contributed by atoms with Crippen molar-refractivity contribution < 1.29 is 57.9 Å². The Hall–Kier alpha value is -4.04. The van der Waals surface area contributed by atoms with Crippen molar-refractivity contribution >= 4 is 36.0 Å². The Kier molecular flexibility index (Phi) is 20.8. The van der Waals surface area contributed by atoms with Crippen molar-refractivity contribution in [2.24, 2.45) is 5.41 Å². The largest absolute Gasteiger partial charge is 0.481 e. The molecule has 66 heavy (non-hydrogen) atoms. The van der Waals surface area contributed by atoms with E-state index in [-0.39, 0.29) is 37.1 Å². The van der Waals surface area contributed by atoms with Gasteiger partial charge in [-0.15, -0.1) is 0 Å². The standard InChI is InChI=1S/C25H42N4O6.C21H36N4O6/c1-4-26-14-16-27(17-15-26)10-7-11-29-19-22(35-24(29)32)21(20-30)28-12-8-25(9-13-28,34-6-3)18-23(31)33-5-2;1-2-22-10-12-23(13-11-22)6-3-7-25-16-17(31-20(25)30)15-24-8-4-21(5-9-24,19(28)29)14-18(26)27/h22H,4-19H2,1-3H3;17H,2-16H2,1H3,(H,26,27)(H,28,29). The minimum absolute atomic E-state index is 0.197. The van der Waals surface area contributed by atoms with Crippen LogP contribution in [0.15, 0.2) is 5.70 Å². The number of piperidine rings is 2. The van der Waals surface area contributed by atoms with Gasteiger partial charge in [0.1, 0.15) is 17.7 Å². The third-order valence-electron chi connectivity index (χ3n) is 14.3. The van der Waals surface area contributed by atoms with Gasteiger partial charge in [0.05, 0.1) is 43.6 Å². The van der Waals surface area contributed by atoms with Crippen LogP contribution in [0.25, 0.3) is 0 Å². The first-order valence-electron chi connectivity index (χ1n) is 24.5. The Labute approximate surface area is 391 Å². The van der Waals surface area contributed by atoms with Crippen molar-refractivity contribution in [3.8, 4) is 0 Å². The molecule has 6 fully saturated rings. The van der Waals surface area contributed by atoms with Gasteiger partial charge in [0.25, 0.3) is 0 Å². The number of esters is 1. The normalized spacial score (nSPS) is 24.3. The summed E-state index contributed by atoms with van der Waals surface area (Å²) in [5, 5.41) is 18.6. The first-order chi connectivity index (χ1) is 31.7. The van der Waals surface area contributed by atoms with Gasteiger partial charge in [-0.05, 0) is 91.6 Å². The maximum atomic E-state index is 12.5. The van der Waals surface area contributed by atoms with Crippen LogP contribution in [0.5, 0.6) is 0 Å². The highest BCUT2D eigenvalue weighted by atomic mass is 16.6. The molecule has 20 nitrogen and oxygen atoms in total. The summed E-state index contributed by atoms with van der Waals surface area (Å²) in [6.45, 7) is 26.6. The van der Waals surface area contributed by atoms with E-state index >= 15 is 0 Å². The maximum Gasteiger partial charge on any atom is 0.410 e. The number of hydrogen-bond donors (Lipinski definition) is 2. The SMILES string of the molecule is CCN1CCN(CCCN2CC(CN3CCC(CC(=O)O)(C(=O)O)CC3)OC2=O)CC1.CCOC(=O)CC1(OCC)CCN(C(=C=O)C2CN(CCCN3CCN(CC)CC3)C(=O)O2)CC1. The molecule has 2 unspecified atom stereocenters. The predicted molar refractivity (Wildman–Crippen MR) is 244 cm³/mol. The van der Waals surface area contributed by atoms with Crippen LogP contribution in [0, 0.1) is 5.41 Å². The van der Waals surface area contributed by atoms with Gasteiger partial charge in [0, 0.05) is 91.7 Å². The molecule has 6 rings (SSSR count). The minimum Gasteiger partial charge on any atom is -0.481 e. The zero-order chi connectivity index (χ0) is 47.7. The molecule has 2 N–H and O–H groups in total. The molecule has 2 atom stereocenters. The van der Waals surface area contributed by atoms with Gasteiger partial charge in [0.2, 0.25) is 0 Å². The number of amides is 2. The second-order valence-electron chi connectivity index (χ2n) is 18.6. The third kappa shape index (κ3) is 15.2. The zero-order valence-electron chi connectivity index (χ0n) is 40.1. The van der Waals surface area contributed by atoms with Crippen molar-refractivity contribution in [1.82, 2.24) is 39.2 Å². The zero-order valence-corrected chi connectivity index (χ0v) is 40.1. The summed E-state index contributed by atoms with van der Waals surface area (Å²) in [5.41, 5.74) is -1.41. The van der Waals surface area contributed by atoms with E-state index in [4.69, 9.17) is 24.1 Å². The highest BCUT2D eigenvalue weighted by molar-refractivity contribution is 5.81. The molecular weight excluding hydrogens is 857 g/mol. The van der Waals surface area contributed by atoms with Crippen molar-refractivity contribution in [2.45, 2.75) is 96.9 Å². The number of cyclic esters (lactones) is 2. The predicted octanol–water partition coefficient (Wildman–Crippen LogP) is 1.85. The average Bonchev–Trinajstić information content (AvgIpc) is 3.85. The number of carbonyl (C=O) groups is 5. The molecule has 0 spiro atoms. The maximum absolute atomic E-state index is 12.5. The second kappa shape index (κ2) is 25.9. The Morgan fingerprint density at radius 1 is 0.652 bits per heavy atom. The lowest BCUT2D eigenvalue weighted by molar-refractivity contribution is -0.159. The Balaban J connectivity index is 0.000000249. The van der Waals surface area contributed by atoms with E-state index < -0.39 is 29.1 Å². The number of piperazine rings is 2. The number of likely N-dealkylation sites (N-methyl/N-ethyl adjacent to an activating group) is 2. The lowest BCUT2D eigenvalue weighted by Crippen LogP contribution is -2.48. The first-order valence-corrected chi connectivity index (χ1v) is 24.5. The summed E-state index contributed by atoms with van der Waals surface area (Å²) in [6.07, 6.45) is 1.92. The Bertz CT molecular complexity index is 1630. The molecule has 6 saturated heterocycles. The number of rotatable bonds is 22. The van der Waals surface area contributed by atoms with Crippen molar-refractivity contribution in [2.75, 3.05) is 151 Å². The molecular formula is C46H78N8O12. The summed E-state index contributed by atoms with van der Waals surface area (Å²) in [5.74, 6) is -0.352. The first kappa shape index (κ1) is 52.9. The van der Waals surface area contributed by atoms with Gasteiger partial charge in [-0.3, -0.25) is 19.3 Å². The van der Waals surface area contributed by atoms with E-state index in [0.717, 1.165) is 91.4 Å². The average molecular weight is 935 g/mol. The van der Waals surface area contributed by atoms with Crippen LogP contribution in [-0.2, 0) is 38.1 Å². The molecule has 0 aliphatic carbocycles. The molecule has 0 aromatic rings. The highest BCUT2D eigenvalue weighted by Gasteiger charge is 2.45. The molecule has 20 heteroatoms. The van der Waals surface area contributed by atoms with Crippen LogP contribution in [0.4, 0.5) is 9.59 Å². The summed E-state index contributed by atoms with van der Waals surface area (Å²) in [6, 6.07) is 0. The van der Waals surface area contributed by atoms with Gasteiger partial charge >= 0.3 is 30.1 Å². The van der Waals surface area contributed by atoms with Crippen LogP contribution in [0.2, 0.25) is 0 Å². The number of aliphatic carboxylic acids is 2. The van der Waals surface area contributed by atoms with Gasteiger partial charge in [-0.25, -0.2) is 14.4 Å². The van der Waals surface area contributed by atoms with E-state index in [1.807, 2.05) is 17.8 Å².